The molecule has 0 spiro atoms. The van der Waals surface area contributed by atoms with E-state index in [1.807, 2.05) is 6.20 Å². The SMILES string of the molecule is c1cc2cn[nH]c2cc1NC1CCCNC1. The molecule has 0 aliphatic carbocycles. The van der Waals surface area contributed by atoms with E-state index in [0.29, 0.717) is 6.04 Å². The molecule has 0 radical (unpaired) electrons. The summed E-state index contributed by atoms with van der Waals surface area (Å²) in [4.78, 5) is 0. The lowest BCUT2D eigenvalue weighted by molar-refractivity contribution is 0.480. The fourth-order valence-electron chi connectivity index (χ4n) is 2.24. The zero-order valence-corrected chi connectivity index (χ0v) is 9.16. The summed E-state index contributed by atoms with van der Waals surface area (Å²) >= 11 is 0. The number of benzene rings is 1. The minimum Gasteiger partial charge on any atom is -0.381 e. The molecular formula is C12H16N4. The minimum absolute atomic E-state index is 0.550. The molecule has 0 bridgehead atoms. The second-order valence-corrected chi connectivity index (χ2v) is 4.36. The van der Waals surface area contributed by atoms with Gasteiger partial charge in [-0.25, -0.2) is 0 Å². The molecule has 1 unspecified atom stereocenters. The quantitative estimate of drug-likeness (QED) is 0.716. The number of H-pyrrole nitrogens is 1. The molecule has 2 aromatic rings. The zero-order valence-electron chi connectivity index (χ0n) is 9.16. The Bertz CT molecular complexity index is 471. The van der Waals surface area contributed by atoms with Crippen LogP contribution in [-0.4, -0.2) is 29.3 Å². The maximum atomic E-state index is 4.02. The summed E-state index contributed by atoms with van der Waals surface area (Å²) in [5.41, 5.74) is 2.26. The molecule has 2 heterocycles. The van der Waals surface area contributed by atoms with Crippen molar-refractivity contribution in [2.75, 3.05) is 18.4 Å². The van der Waals surface area contributed by atoms with Crippen molar-refractivity contribution in [1.82, 2.24) is 15.5 Å². The molecular weight excluding hydrogens is 200 g/mol. The number of hydrogen-bond acceptors (Lipinski definition) is 3. The Hall–Kier alpha value is -1.55. The van der Waals surface area contributed by atoms with Gasteiger partial charge in [0.05, 0.1) is 11.7 Å². The fraction of sp³-hybridized carbons (Fsp3) is 0.417. The summed E-state index contributed by atoms with van der Waals surface area (Å²) in [6.07, 6.45) is 4.35. The van der Waals surface area contributed by atoms with Crippen molar-refractivity contribution in [2.24, 2.45) is 0 Å². The van der Waals surface area contributed by atoms with E-state index in [4.69, 9.17) is 0 Å². The van der Waals surface area contributed by atoms with Gasteiger partial charge in [0.15, 0.2) is 0 Å². The number of fused-ring (bicyclic) bond motifs is 1. The second kappa shape index (κ2) is 4.14. The van der Waals surface area contributed by atoms with Gasteiger partial charge in [0.25, 0.3) is 0 Å². The summed E-state index contributed by atoms with van der Waals surface area (Å²) in [6, 6.07) is 6.88. The average Bonchev–Trinajstić information content (AvgIpc) is 2.77. The number of aromatic amines is 1. The van der Waals surface area contributed by atoms with Crippen LogP contribution in [0.15, 0.2) is 24.4 Å². The first-order valence-electron chi connectivity index (χ1n) is 5.82. The highest BCUT2D eigenvalue weighted by Crippen LogP contribution is 2.18. The first kappa shape index (κ1) is 9.66. The third-order valence-electron chi connectivity index (χ3n) is 3.11. The van der Waals surface area contributed by atoms with E-state index in [1.54, 1.807) is 0 Å². The lowest BCUT2D eigenvalue weighted by Gasteiger charge is -2.24. The van der Waals surface area contributed by atoms with Crippen LogP contribution >= 0.6 is 0 Å². The van der Waals surface area contributed by atoms with Gasteiger partial charge >= 0.3 is 0 Å². The lowest BCUT2D eigenvalue weighted by atomic mass is 10.1. The summed E-state index contributed by atoms with van der Waals surface area (Å²) < 4.78 is 0. The van der Waals surface area contributed by atoms with Crippen LogP contribution in [0.5, 0.6) is 0 Å². The summed E-state index contributed by atoms with van der Waals surface area (Å²) in [7, 11) is 0. The number of anilines is 1. The molecule has 1 saturated heterocycles. The fourth-order valence-corrected chi connectivity index (χ4v) is 2.24. The third kappa shape index (κ3) is 1.88. The Labute approximate surface area is 94.4 Å². The molecule has 1 fully saturated rings. The highest BCUT2D eigenvalue weighted by Gasteiger charge is 2.12. The van der Waals surface area contributed by atoms with E-state index in [0.717, 1.165) is 24.0 Å². The van der Waals surface area contributed by atoms with Crippen molar-refractivity contribution >= 4 is 16.6 Å². The average molecular weight is 216 g/mol. The van der Waals surface area contributed by atoms with Crippen LogP contribution in [0.25, 0.3) is 10.9 Å². The number of hydrogen-bond donors (Lipinski definition) is 3. The predicted octanol–water partition coefficient (Wildman–Crippen LogP) is 1.73. The Morgan fingerprint density at radius 2 is 2.38 bits per heavy atom. The molecule has 1 aromatic carbocycles. The number of nitrogens with zero attached hydrogens (tertiary/aromatic N) is 1. The molecule has 1 atom stereocenters. The summed E-state index contributed by atoms with van der Waals surface area (Å²) in [5.74, 6) is 0. The van der Waals surface area contributed by atoms with Gasteiger partial charge in [0.1, 0.15) is 0 Å². The first-order valence-corrected chi connectivity index (χ1v) is 5.82. The minimum atomic E-state index is 0.550. The van der Waals surface area contributed by atoms with E-state index in [9.17, 15) is 0 Å². The highest BCUT2D eigenvalue weighted by molar-refractivity contribution is 5.81. The van der Waals surface area contributed by atoms with Gasteiger partial charge < -0.3 is 10.6 Å². The Morgan fingerprint density at radius 1 is 1.38 bits per heavy atom. The summed E-state index contributed by atoms with van der Waals surface area (Å²) in [6.45, 7) is 2.21. The molecule has 1 aliphatic rings. The highest BCUT2D eigenvalue weighted by atomic mass is 15.1. The van der Waals surface area contributed by atoms with E-state index in [1.165, 1.54) is 18.5 Å². The van der Waals surface area contributed by atoms with Crippen molar-refractivity contribution in [2.45, 2.75) is 18.9 Å². The second-order valence-electron chi connectivity index (χ2n) is 4.36. The van der Waals surface area contributed by atoms with Gasteiger partial charge in [-0.3, -0.25) is 5.10 Å². The zero-order chi connectivity index (χ0) is 10.8. The third-order valence-corrected chi connectivity index (χ3v) is 3.11. The van der Waals surface area contributed by atoms with Crippen molar-refractivity contribution < 1.29 is 0 Å². The van der Waals surface area contributed by atoms with Gasteiger partial charge in [-0.05, 0) is 37.6 Å². The number of nitrogens with one attached hydrogen (secondary N) is 3. The summed E-state index contributed by atoms with van der Waals surface area (Å²) in [5, 5.41) is 15.1. The van der Waals surface area contributed by atoms with Gasteiger partial charge in [0, 0.05) is 23.7 Å². The van der Waals surface area contributed by atoms with E-state index >= 15 is 0 Å². The van der Waals surface area contributed by atoms with E-state index < -0.39 is 0 Å². The van der Waals surface area contributed by atoms with Crippen LogP contribution < -0.4 is 10.6 Å². The standard InChI is InChI=1S/C12H16N4/c1-2-11(8-13-5-1)15-10-4-3-9-7-14-16-12(9)6-10/h3-4,6-7,11,13,15H,1-2,5,8H2,(H,14,16). The molecule has 1 aliphatic heterocycles. The molecule has 4 heteroatoms. The van der Waals surface area contributed by atoms with E-state index in [-0.39, 0.29) is 0 Å². The Kier molecular flexibility index (Phi) is 2.50. The Balaban J connectivity index is 1.77. The number of rotatable bonds is 2. The van der Waals surface area contributed by atoms with Crippen LogP contribution in [-0.2, 0) is 0 Å². The van der Waals surface area contributed by atoms with Crippen LogP contribution in [0.2, 0.25) is 0 Å². The maximum absolute atomic E-state index is 4.02. The van der Waals surface area contributed by atoms with Crippen LogP contribution in [0.3, 0.4) is 0 Å². The molecule has 0 saturated carbocycles. The topological polar surface area (TPSA) is 52.7 Å². The van der Waals surface area contributed by atoms with Crippen LogP contribution in [0.4, 0.5) is 5.69 Å². The Morgan fingerprint density at radius 3 is 3.25 bits per heavy atom. The molecule has 4 nitrogen and oxygen atoms in total. The number of aromatic nitrogens is 2. The van der Waals surface area contributed by atoms with Gasteiger partial charge in [-0.1, -0.05) is 0 Å². The van der Waals surface area contributed by atoms with Crippen molar-refractivity contribution in [1.29, 1.82) is 0 Å². The molecule has 16 heavy (non-hydrogen) atoms. The van der Waals surface area contributed by atoms with Crippen LogP contribution in [0.1, 0.15) is 12.8 Å². The van der Waals surface area contributed by atoms with Gasteiger partial charge in [-0.15, -0.1) is 0 Å². The largest absolute Gasteiger partial charge is 0.381 e. The first-order chi connectivity index (χ1) is 7.92. The smallest absolute Gasteiger partial charge is 0.0670 e. The van der Waals surface area contributed by atoms with Crippen molar-refractivity contribution in [3.8, 4) is 0 Å². The maximum Gasteiger partial charge on any atom is 0.0670 e. The predicted molar refractivity (Wildman–Crippen MR) is 65.6 cm³/mol. The molecule has 1 aromatic heterocycles. The monoisotopic (exact) mass is 216 g/mol. The van der Waals surface area contributed by atoms with Gasteiger partial charge in [0.2, 0.25) is 0 Å². The van der Waals surface area contributed by atoms with Crippen LogP contribution in [0, 0.1) is 0 Å². The molecule has 3 rings (SSSR count). The van der Waals surface area contributed by atoms with Crippen molar-refractivity contribution in [3.05, 3.63) is 24.4 Å². The molecule has 3 N–H and O–H groups in total. The van der Waals surface area contributed by atoms with E-state index in [2.05, 4.69) is 39.0 Å². The molecule has 84 valence electrons. The van der Waals surface area contributed by atoms with Crippen molar-refractivity contribution in [3.63, 3.8) is 0 Å². The lowest BCUT2D eigenvalue weighted by Crippen LogP contribution is -2.38. The number of piperidine rings is 1. The normalized spacial score (nSPS) is 21.1. The van der Waals surface area contributed by atoms with Gasteiger partial charge in [-0.2, -0.15) is 5.10 Å². The molecule has 0 amide bonds.